The fraction of sp³-hybridized carbons (Fsp3) is 0.908. The highest BCUT2D eigenvalue weighted by atomic mass is 16.2. The summed E-state index contributed by atoms with van der Waals surface area (Å²) in [5.74, 6) is -2.99. The van der Waals surface area contributed by atoms with Crippen molar-refractivity contribution in [2.45, 2.75) is 498 Å². The average Bonchev–Trinajstić information content (AvgIpc) is 0.862. The number of rotatable bonds is 101. The molecule has 0 saturated carbocycles. The van der Waals surface area contributed by atoms with Gasteiger partial charge in [-0.05, 0) is 70.9 Å². The Balaban J connectivity index is 0. The van der Waals surface area contributed by atoms with Gasteiger partial charge in [-0.1, -0.05) is 441 Å². The van der Waals surface area contributed by atoms with E-state index >= 15 is 0 Å². The molecule has 24 nitrogen and oxygen atoms in total. The van der Waals surface area contributed by atoms with Crippen molar-refractivity contribution in [3.8, 4) is 0 Å². The molecular formula is C109H216N14O10. The van der Waals surface area contributed by atoms with Gasteiger partial charge in [-0.25, -0.2) is 0 Å². The summed E-state index contributed by atoms with van der Waals surface area (Å²) in [6, 6.07) is 0. The fourth-order valence-corrected chi connectivity index (χ4v) is 17.4. The predicted molar refractivity (Wildman–Crippen MR) is 559 cm³/mol. The van der Waals surface area contributed by atoms with Gasteiger partial charge in [0.15, 0.2) is 0 Å². The van der Waals surface area contributed by atoms with Crippen LogP contribution in [0.1, 0.15) is 498 Å². The number of amides is 10. The normalized spacial score (nSPS) is 11.2. The zero-order chi connectivity index (χ0) is 98.2. The number of nitrogens with one attached hydrogen (secondary N) is 2. The topological polar surface area (TPSA) is 325 Å². The van der Waals surface area contributed by atoms with Crippen molar-refractivity contribution in [3.05, 3.63) is 0 Å². The number of carbonyl (C=O) groups is 10. The first-order chi connectivity index (χ1) is 64.8. The Morgan fingerprint density at radius 1 is 0.165 bits per heavy atom. The maximum Gasteiger partial charge on any atom is 0.242 e. The lowest BCUT2D eigenvalue weighted by Gasteiger charge is -2.31. The number of unbranched alkanes of at least 4 members (excludes halogenated alkanes) is 60. The summed E-state index contributed by atoms with van der Waals surface area (Å²) in [5.41, 5.74) is 22.7. The molecule has 24 heteroatoms. The molecule has 782 valence electrons. The zero-order valence-corrected chi connectivity index (χ0v) is 88.3. The van der Waals surface area contributed by atoms with Crippen LogP contribution in [0.15, 0.2) is 0 Å². The molecule has 0 unspecified atom stereocenters. The van der Waals surface area contributed by atoms with Crippen LogP contribution in [-0.2, 0) is 47.9 Å². The molecule has 10 amide bonds. The molecule has 0 bridgehead atoms. The molecule has 133 heavy (non-hydrogen) atoms. The molecule has 0 rings (SSSR count). The van der Waals surface area contributed by atoms with Gasteiger partial charge in [0.25, 0.3) is 0 Å². The molecule has 0 heterocycles. The van der Waals surface area contributed by atoms with E-state index in [2.05, 4.69) is 66.0 Å². The summed E-state index contributed by atoms with van der Waals surface area (Å²) in [6.07, 6.45) is 77.4. The van der Waals surface area contributed by atoms with Crippen molar-refractivity contribution in [2.24, 2.45) is 22.9 Å². The van der Waals surface area contributed by atoms with Crippen LogP contribution in [0.3, 0.4) is 0 Å². The molecule has 0 saturated heterocycles. The third kappa shape index (κ3) is 83.3. The van der Waals surface area contributed by atoms with Crippen molar-refractivity contribution in [2.75, 3.05) is 144 Å². The van der Waals surface area contributed by atoms with Gasteiger partial charge in [-0.2, -0.15) is 0 Å². The maximum absolute atomic E-state index is 14.5. The van der Waals surface area contributed by atoms with Crippen molar-refractivity contribution in [1.29, 1.82) is 0 Å². The van der Waals surface area contributed by atoms with Gasteiger partial charge in [0.1, 0.15) is 0 Å². The summed E-state index contributed by atoms with van der Waals surface area (Å²) in [6.45, 7) is 22.4. The molecule has 0 aromatic carbocycles. The Morgan fingerprint density at radius 3 is 0.444 bits per heavy atom. The minimum atomic E-state index is -0.567. The van der Waals surface area contributed by atoms with Crippen molar-refractivity contribution in [3.63, 3.8) is 0 Å². The second-order valence-electron chi connectivity index (χ2n) is 39.0. The third-order valence-electron chi connectivity index (χ3n) is 26.2. The first-order valence-electron chi connectivity index (χ1n) is 56.4. The van der Waals surface area contributed by atoms with Crippen LogP contribution in [0.4, 0.5) is 0 Å². The largest absolute Gasteiger partial charge is 0.368 e. The second kappa shape index (κ2) is 99.5. The van der Waals surface area contributed by atoms with Crippen LogP contribution < -0.4 is 33.6 Å². The molecule has 0 radical (unpaired) electrons. The molecule has 0 spiro atoms. The SMILES string of the molecule is CCCCCCCCCCCN(CC(N)=O)C(=O)CN(CCCCCCCCCC)C(=O)CN(CCCCCCCCCCC)C(=O)CN(CCCCCCCCCC)C(=O)CNCCCN.CCCCCCCCCCCN(CC(N)=O)C(=O)CN(CCCCCCCCCC)C(=O)CN(CCCCCCCCCCC)C(=O)CN(CCCCCCCCCC)C(=O)CNCCN. The molecule has 0 atom stereocenters. The van der Waals surface area contributed by atoms with Crippen LogP contribution in [0.25, 0.3) is 0 Å². The average molecular weight is 1880 g/mol. The van der Waals surface area contributed by atoms with Crippen LogP contribution in [0.2, 0.25) is 0 Å². The fourth-order valence-electron chi connectivity index (χ4n) is 17.4. The molecule has 0 aliphatic heterocycles. The standard InChI is InChI=1S/C55H109N7O5.C54H107N7O5/c1-5-9-13-17-21-25-29-31-35-42-59(47-51(57)63)53(65)49-61(44-37-33-28-24-20-16-12-8-4)55(67)50-62(45-38-34-30-26-22-18-14-10-6-2)54(66)48-60(52(64)46-58-41-39-40-56)43-36-32-27-23-19-15-11-7-3;1-5-9-13-17-21-25-29-31-35-41-58(46-50(56)62)52(64)48-60(43-37-33-28-24-20-16-12-8-4)54(66)49-61(44-38-34-30-26-22-18-14-10-6-2)53(65)47-59(51(63)45-57-40-39-55)42-36-32-27-23-19-15-11-7-3/h58H,5-50,56H2,1-4H3,(H2,57,63);57H,5-49,55H2,1-4H3,(H2,56,62). The van der Waals surface area contributed by atoms with Gasteiger partial charge < -0.3 is 72.8 Å². The Bertz CT molecular complexity index is 2720. The van der Waals surface area contributed by atoms with E-state index in [1.165, 1.54) is 267 Å². The third-order valence-corrected chi connectivity index (χ3v) is 26.2. The van der Waals surface area contributed by atoms with Gasteiger partial charge in [-0.3, -0.25) is 47.9 Å². The summed E-state index contributed by atoms with van der Waals surface area (Å²) < 4.78 is 0. The van der Waals surface area contributed by atoms with E-state index in [1.807, 2.05) is 0 Å². The number of nitrogens with zero attached hydrogens (tertiary/aromatic N) is 8. The van der Waals surface area contributed by atoms with E-state index in [4.69, 9.17) is 22.9 Å². The monoisotopic (exact) mass is 1880 g/mol. The Labute approximate surface area is 817 Å². The second-order valence-corrected chi connectivity index (χ2v) is 39.0. The van der Waals surface area contributed by atoms with Crippen LogP contribution in [-0.4, -0.2) is 242 Å². The summed E-state index contributed by atoms with van der Waals surface area (Å²) in [4.78, 5) is 150. The maximum atomic E-state index is 14.5. The summed E-state index contributed by atoms with van der Waals surface area (Å²) in [7, 11) is 0. The quantitative estimate of drug-likeness (QED) is 0.0309. The molecular weight excluding hydrogens is 1670 g/mol. The highest BCUT2D eigenvalue weighted by Gasteiger charge is 2.30. The van der Waals surface area contributed by atoms with E-state index < -0.39 is 11.8 Å². The van der Waals surface area contributed by atoms with E-state index in [1.54, 1.807) is 29.4 Å². The molecule has 0 aromatic heterocycles. The highest BCUT2D eigenvalue weighted by molar-refractivity contribution is 5.93. The van der Waals surface area contributed by atoms with Crippen molar-refractivity contribution < 1.29 is 47.9 Å². The number of hydrogen-bond donors (Lipinski definition) is 6. The van der Waals surface area contributed by atoms with E-state index in [9.17, 15) is 47.9 Å². The minimum absolute atomic E-state index is 0.0826. The van der Waals surface area contributed by atoms with Gasteiger partial charge in [-0.15, -0.1) is 0 Å². The number of primary amides is 2. The summed E-state index contributed by atoms with van der Waals surface area (Å²) >= 11 is 0. The lowest BCUT2D eigenvalue weighted by Crippen LogP contribution is -2.51. The van der Waals surface area contributed by atoms with Crippen LogP contribution >= 0.6 is 0 Å². The first-order valence-corrected chi connectivity index (χ1v) is 56.4. The Hall–Kier alpha value is -5.46. The van der Waals surface area contributed by atoms with Crippen molar-refractivity contribution >= 4 is 59.1 Å². The predicted octanol–water partition coefficient (Wildman–Crippen LogP) is 21.7. The number of hydrogen-bond acceptors (Lipinski definition) is 14. The molecule has 10 N–H and O–H groups in total. The van der Waals surface area contributed by atoms with Gasteiger partial charge >= 0.3 is 0 Å². The van der Waals surface area contributed by atoms with Gasteiger partial charge in [0.2, 0.25) is 59.1 Å². The molecule has 0 fully saturated rings. The molecule has 0 aliphatic carbocycles. The minimum Gasteiger partial charge on any atom is -0.368 e. The van der Waals surface area contributed by atoms with Gasteiger partial charge in [0.05, 0.1) is 65.4 Å². The molecule has 0 aliphatic rings. The first kappa shape index (κ1) is 130. The van der Waals surface area contributed by atoms with Gasteiger partial charge in [0, 0.05) is 65.4 Å². The number of carbonyl (C=O) groups excluding carboxylic acids is 10. The lowest BCUT2D eigenvalue weighted by atomic mass is 10.1. The van der Waals surface area contributed by atoms with Crippen molar-refractivity contribution in [1.82, 2.24) is 49.8 Å². The van der Waals surface area contributed by atoms with E-state index in [-0.39, 0.29) is 113 Å². The highest BCUT2D eigenvalue weighted by Crippen LogP contribution is 2.20. The Morgan fingerprint density at radius 2 is 0.301 bits per heavy atom. The van der Waals surface area contributed by atoms with Crippen LogP contribution in [0.5, 0.6) is 0 Å². The zero-order valence-electron chi connectivity index (χ0n) is 88.3. The molecule has 0 aromatic rings. The smallest absolute Gasteiger partial charge is 0.242 e. The Kier molecular flexibility index (Phi) is 97.0. The van der Waals surface area contributed by atoms with E-state index in [0.29, 0.717) is 78.5 Å². The lowest BCUT2D eigenvalue weighted by molar-refractivity contribution is -0.146. The summed E-state index contributed by atoms with van der Waals surface area (Å²) in [5, 5.41) is 6.31. The van der Waals surface area contributed by atoms with E-state index in [0.717, 1.165) is 186 Å². The number of nitrogens with two attached hydrogens (primary N) is 4. The van der Waals surface area contributed by atoms with Crippen LogP contribution in [0, 0.1) is 0 Å².